The van der Waals surface area contributed by atoms with Crippen LogP contribution < -0.4 is 16.6 Å². The topological polar surface area (TPSA) is 73.1 Å². The second-order valence-electron chi connectivity index (χ2n) is 7.78. The molecule has 4 rings (SSSR count). The summed E-state index contributed by atoms with van der Waals surface area (Å²) in [6, 6.07) is 12.9. The number of aryl methyl sites for hydroxylation is 4. The van der Waals surface area contributed by atoms with Crippen molar-refractivity contribution in [3.05, 3.63) is 90.9 Å². The zero-order chi connectivity index (χ0) is 22.3. The van der Waals surface area contributed by atoms with E-state index in [1.54, 1.807) is 17.5 Å². The van der Waals surface area contributed by atoms with E-state index in [9.17, 15) is 14.4 Å². The monoisotopic (exact) mass is 433 g/mol. The Kier molecular flexibility index (Phi) is 5.37. The molecule has 2 aromatic carbocycles. The molecule has 1 N–H and O–H groups in total. The average Bonchev–Trinajstić information content (AvgIpc) is 3.20. The van der Waals surface area contributed by atoms with E-state index in [0.29, 0.717) is 21.6 Å². The van der Waals surface area contributed by atoms with E-state index in [-0.39, 0.29) is 18.0 Å². The van der Waals surface area contributed by atoms with Crippen molar-refractivity contribution in [3.63, 3.8) is 0 Å². The lowest BCUT2D eigenvalue weighted by Gasteiger charge is -2.14. The molecule has 6 nitrogen and oxygen atoms in total. The standard InChI is InChI=1S/C24H23N3O3S/c1-14-5-8-19(17(4)11-14)25-21(28)13-26-20-9-10-31-22(20)23(29)27(24(26)30)18-7-6-15(2)16(3)12-18/h5-12H,13H2,1-4H3,(H,25,28). The molecular formula is C24H23N3O3S. The predicted molar refractivity (Wildman–Crippen MR) is 126 cm³/mol. The van der Waals surface area contributed by atoms with Crippen molar-refractivity contribution in [2.45, 2.75) is 34.2 Å². The van der Waals surface area contributed by atoms with Crippen LogP contribution in [0.2, 0.25) is 0 Å². The first kappa shape index (κ1) is 20.8. The zero-order valence-corrected chi connectivity index (χ0v) is 18.7. The highest BCUT2D eigenvalue weighted by Crippen LogP contribution is 2.19. The molecule has 0 saturated carbocycles. The van der Waals surface area contributed by atoms with Gasteiger partial charge in [-0.15, -0.1) is 11.3 Å². The van der Waals surface area contributed by atoms with Crippen LogP contribution in [0, 0.1) is 27.7 Å². The van der Waals surface area contributed by atoms with Crippen LogP contribution in [0.25, 0.3) is 15.9 Å². The lowest BCUT2D eigenvalue weighted by atomic mass is 10.1. The van der Waals surface area contributed by atoms with Crippen molar-refractivity contribution in [3.8, 4) is 5.69 Å². The minimum Gasteiger partial charge on any atom is -0.324 e. The summed E-state index contributed by atoms with van der Waals surface area (Å²) in [5, 5.41) is 4.64. The Morgan fingerprint density at radius 3 is 2.42 bits per heavy atom. The van der Waals surface area contributed by atoms with E-state index in [0.717, 1.165) is 26.8 Å². The number of hydrogen-bond donors (Lipinski definition) is 1. The Labute approximate surface area is 183 Å². The number of nitrogens with zero attached hydrogens (tertiary/aromatic N) is 2. The average molecular weight is 434 g/mol. The van der Waals surface area contributed by atoms with Gasteiger partial charge in [-0.1, -0.05) is 23.8 Å². The first-order valence-electron chi connectivity index (χ1n) is 9.94. The summed E-state index contributed by atoms with van der Waals surface area (Å²) in [5.74, 6) is -0.327. The summed E-state index contributed by atoms with van der Waals surface area (Å²) in [4.78, 5) is 39.2. The highest BCUT2D eigenvalue weighted by atomic mass is 32.1. The van der Waals surface area contributed by atoms with Gasteiger partial charge in [0.25, 0.3) is 5.56 Å². The molecule has 0 aliphatic rings. The van der Waals surface area contributed by atoms with Gasteiger partial charge in [0.2, 0.25) is 5.91 Å². The van der Waals surface area contributed by atoms with E-state index < -0.39 is 5.69 Å². The molecule has 0 bridgehead atoms. The van der Waals surface area contributed by atoms with Crippen LogP contribution in [0.5, 0.6) is 0 Å². The lowest BCUT2D eigenvalue weighted by molar-refractivity contribution is -0.116. The molecule has 2 heterocycles. The molecule has 0 fully saturated rings. The Bertz CT molecular complexity index is 1440. The largest absolute Gasteiger partial charge is 0.336 e. The molecule has 0 saturated heterocycles. The molecule has 1 amide bonds. The highest BCUT2D eigenvalue weighted by molar-refractivity contribution is 7.17. The molecule has 0 aliphatic carbocycles. The van der Waals surface area contributed by atoms with Gasteiger partial charge in [0.15, 0.2) is 0 Å². The molecule has 7 heteroatoms. The summed E-state index contributed by atoms with van der Waals surface area (Å²) in [6.45, 7) is 7.63. The molecule has 0 atom stereocenters. The summed E-state index contributed by atoms with van der Waals surface area (Å²) in [7, 11) is 0. The number of nitrogens with one attached hydrogen (secondary N) is 1. The van der Waals surface area contributed by atoms with Crippen molar-refractivity contribution in [1.29, 1.82) is 0 Å². The maximum atomic E-state index is 13.3. The van der Waals surface area contributed by atoms with Crippen LogP contribution in [0.1, 0.15) is 22.3 Å². The van der Waals surface area contributed by atoms with Crippen LogP contribution in [-0.4, -0.2) is 15.0 Å². The van der Waals surface area contributed by atoms with Gasteiger partial charge in [-0.2, -0.15) is 0 Å². The van der Waals surface area contributed by atoms with Crippen molar-refractivity contribution in [1.82, 2.24) is 9.13 Å². The molecule has 0 spiro atoms. The smallest absolute Gasteiger partial charge is 0.324 e. The van der Waals surface area contributed by atoms with Gasteiger partial charge in [-0.3, -0.25) is 14.2 Å². The van der Waals surface area contributed by atoms with Gasteiger partial charge in [0, 0.05) is 5.69 Å². The van der Waals surface area contributed by atoms with Gasteiger partial charge < -0.3 is 5.32 Å². The van der Waals surface area contributed by atoms with Gasteiger partial charge in [-0.25, -0.2) is 9.36 Å². The Balaban J connectivity index is 1.80. The summed E-state index contributed by atoms with van der Waals surface area (Å²) < 4.78 is 2.95. The van der Waals surface area contributed by atoms with Crippen molar-refractivity contribution in [2.24, 2.45) is 0 Å². The molecule has 0 unspecified atom stereocenters. The van der Waals surface area contributed by atoms with Crippen LogP contribution in [0.4, 0.5) is 5.69 Å². The number of hydrogen-bond acceptors (Lipinski definition) is 4. The second kappa shape index (κ2) is 8.00. The summed E-state index contributed by atoms with van der Waals surface area (Å²) >= 11 is 1.26. The maximum absolute atomic E-state index is 13.3. The fraction of sp³-hybridized carbons (Fsp3) is 0.208. The third-order valence-corrected chi connectivity index (χ3v) is 6.35. The normalized spacial score (nSPS) is 11.1. The van der Waals surface area contributed by atoms with Crippen LogP contribution in [0.3, 0.4) is 0 Å². The van der Waals surface area contributed by atoms with Gasteiger partial charge >= 0.3 is 5.69 Å². The molecule has 0 aliphatic heterocycles. The number of aromatic nitrogens is 2. The van der Waals surface area contributed by atoms with Gasteiger partial charge in [-0.05, 0) is 74.0 Å². The number of fused-ring (bicyclic) bond motifs is 1. The van der Waals surface area contributed by atoms with E-state index in [1.165, 1.54) is 15.9 Å². The van der Waals surface area contributed by atoms with E-state index >= 15 is 0 Å². The third-order valence-electron chi connectivity index (χ3n) is 5.46. The minimum absolute atomic E-state index is 0.190. The van der Waals surface area contributed by atoms with Gasteiger partial charge in [0.1, 0.15) is 11.2 Å². The van der Waals surface area contributed by atoms with Crippen LogP contribution in [-0.2, 0) is 11.3 Å². The summed E-state index contributed by atoms with van der Waals surface area (Å²) in [6.07, 6.45) is 0. The van der Waals surface area contributed by atoms with Crippen LogP contribution >= 0.6 is 11.3 Å². The van der Waals surface area contributed by atoms with Crippen molar-refractivity contribution >= 4 is 33.1 Å². The molecule has 31 heavy (non-hydrogen) atoms. The number of anilines is 1. The molecule has 2 aromatic heterocycles. The van der Waals surface area contributed by atoms with Crippen LogP contribution in [0.15, 0.2) is 57.4 Å². The lowest BCUT2D eigenvalue weighted by Crippen LogP contribution is -2.40. The van der Waals surface area contributed by atoms with Crippen molar-refractivity contribution in [2.75, 3.05) is 5.32 Å². The predicted octanol–water partition coefficient (Wildman–Crippen LogP) is 4.09. The minimum atomic E-state index is -0.532. The quantitative estimate of drug-likeness (QED) is 0.527. The third kappa shape index (κ3) is 3.84. The number of carbonyl (C=O) groups is 1. The SMILES string of the molecule is Cc1ccc(NC(=O)Cn2c(=O)n(-c3ccc(C)c(C)c3)c(=O)c3sccc32)c(C)c1. The fourth-order valence-electron chi connectivity index (χ4n) is 3.62. The molecule has 158 valence electrons. The van der Waals surface area contributed by atoms with E-state index in [4.69, 9.17) is 0 Å². The van der Waals surface area contributed by atoms with E-state index in [1.807, 2.05) is 58.0 Å². The number of thiophene rings is 1. The number of rotatable bonds is 4. The number of benzene rings is 2. The van der Waals surface area contributed by atoms with Crippen molar-refractivity contribution < 1.29 is 4.79 Å². The summed E-state index contributed by atoms with van der Waals surface area (Å²) in [5.41, 5.74) is 4.87. The molecular weight excluding hydrogens is 410 g/mol. The number of carbonyl (C=O) groups excluding carboxylic acids is 1. The zero-order valence-electron chi connectivity index (χ0n) is 17.9. The fourth-order valence-corrected chi connectivity index (χ4v) is 4.44. The Morgan fingerprint density at radius 2 is 1.71 bits per heavy atom. The van der Waals surface area contributed by atoms with E-state index in [2.05, 4.69) is 5.32 Å². The maximum Gasteiger partial charge on any atom is 0.336 e. The number of amides is 1. The van der Waals surface area contributed by atoms with Gasteiger partial charge in [0.05, 0.1) is 11.2 Å². The molecule has 4 aromatic rings. The first-order valence-corrected chi connectivity index (χ1v) is 10.8. The Hall–Kier alpha value is -3.45. The first-order chi connectivity index (χ1) is 14.8. The highest BCUT2D eigenvalue weighted by Gasteiger charge is 2.18. The second-order valence-corrected chi connectivity index (χ2v) is 8.70. The Morgan fingerprint density at radius 1 is 0.935 bits per heavy atom. The molecule has 0 radical (unpaired) electrons.